The maximum absolute atomic E-state index is 13.5. The fourth-order valence-corrected chi connectivity index (χ4v) is 3.61. The number of esters is 1. The summed E-state index contributed by atoms with van der Waals surface area (Å²) >= 11 is 0. The molecule has 0 spiro atoms. The Hall–Kier alpha value is -3.31. The van der Waals surface area contributed by atoms with Crippen molar-refractivity contribution in [3.63, 3.8) is 0 Å². The van der Waals surface area contributed by atoms with Crippen LogP contribution in [-0.4, -0.2) is 28.3 Å². The van der Waals surface area contributed by atoms with Gasteiger partial charge in [-0.05, 0) is 48.9 Å². The zero-order chi connectivity index (χ0) is 21.1. The summed E-state index contributed by atoms with van der Waals surface area (Å²) in [4.78, 5) is 16.5. The quantitative estimate of drug-likeness (QED) is 0.627. The van der Waals surface area contributed by atoms with Gasteiger partial charge in [-0.25, -0.2) is 9.37 Å². The molecular formula is C25H22FNO3. The fourth-order valence-electron chi connectivity index (χ4n) is 3.61. The van der Waals surface area contributed by atoms with E-state index in [1.807, 2.05) is 49.4 Å². The van der Waals surface area contributed by atoms with Crippen LogP contribution >= 0.6 is 0 Å². The highest BCUT2D eigenvalue weighted by Crippen LogP contribution is 2.31. The van der Waals surface area contributed by atoms with Crippen molar-refractivity contribution in [2.45, 2.75) is 32.0 Å². The molecule has 3 aromatic rings. The van der Waals surface area contributed by atoms with Gasteiger partial charge in [0.2, 0.25) is 0 Å². The van der Waals surface area contributed by atoms with Crippen molar-refractivity contribution in [2.24, 2.45) is 0 Å². The molecule has 1 N–H and O–H groups in total. The molecule has 2 atom stereocenters. The van der Waals surface area contributed by atoms with Gasteiger partial charge in [0.15, 0.2) is 0 Å². The van der Waals surface area contributed by atoms with E-state index in [2.05, 4.69) is 0 Å². The molecule has 5 heteroatoms. The normalized spacial score (nSPS) is 19.1. The Labute approximate surface area is 174 Å². The Morgan fingerprint density at radius 1 is 1.10 bits per heavy atom. The lowest BCUT2D eigenvalue weighted by molar-refractivity contribution is -0.156. The van der Waals surface area contributed by atoms with Gasteiger partial charge >= 0.3 is 5.97 Å². The van der Waals surface area contributed by atoms with E-state index in [0.29, 0.717) is 12.1 Å². The van der Waals surface area contributed by atoms with E-state index < -0.39 is 18.2 Å². The fraction of sp³-hybridized carbons (Fsp3) is 0.200. The van der Waals surface area contributed by atoms with Gasteiger partial charge in [-0.1, -0.05) is 36.4 Å². The van der Waals surface area contributed by atoms with Gasteiger partial charge in [0.1, 0.15) is 11.9 Å². The smallest absolute Gasteiger partial charge is 0.309 e. The molecule has 0 radical (unpaired) electrons. The van der Waals surface area contributed by atoms with E-state index in [0.717, 1.165) is 27.9 Å². The summed E-state index contributed by atoms with van der Waals surface area (Å²) in [5.74, 6) is -0.716. The zero-order valence-electron chi connectivity index (χ0n) is 16.6. The number of halogens is 1. The van der Waals surface area contributed by atoms with Crippen LogP contribution in [0, 0.1) is 12.7 Å². The third-order valence-electron chi connectivity index (χ3n) is 5.12. The molecule has 4 rings (SSSR count). The molecule has 1 aliphatic rings. The molecule has 1 aliphatic heterocycles. The number of carbonyl (C=O) groups is 1. The lowest BCUT2D eigenvalue weighted by Gasteiger charge is -2.23. The second-order valence-electron chi connectivity index (χ2n) is 7.44. The van der Waals surface area contributed by atoms with Crippen molar-refractivity contribution in [3.8, 4) is 22.5 Å². The van der Waals surface area contributed by atoms with E-state index in [9.17, 15) is 14.3 Å². The van der Waals surface area contributed by atoms with Crippen LogP contribution in [0.3, 0.4) is 0 Å². The summed E-state index contributed by atoms with van der Waals surface area (Å²) in [5.41, 5.74) is 5.16. The molecule has 0 amide bonds. The lowest BCUT2D eigenvalue weighted by Crippen LogP contribution is -2.31. The maximum Gasteiger partial charge on any atom is 0.309 e. The van der Waals surface area contributed by atoms with Crippen molar-refractivity contribution < 1.29 is 19.0 Å². The van der Waals surface area contributed by atoms with E-state index >= 15 is 0 Å². The van der Waals surface area contributed by atoms with Crippen LogP contribution in [0.15, 0.2) is 66.7 Å². The Bertz CT molecular complexity index is 1080. The highest BCUT2D eigenvalue weighted by atomic mass is 19.1. The lowest BCUT2D eigenvalue weighted by atomic mass is 9.97. The van der Waals surface area contributed by atoms with Crippen molar-refractivity contribution in [1.29, 1.82) is 0 Å². The maximum atomic E-state index is 13.5. The van der Waals surface area contributed by atoms with Gasteiger partial charge in [0.05, 0.1) is 23.9 Å². The molecule has 0 unspecified atom stereocenters. The average molecular weight is 403 g/mol. The first-order chi connectivity index (χ1) is 14.5. The standard InChI is InChI=1S/C25H22FNO3/c1-16-13-23(17-5-3-2-4-6-17)27-25(18-7-9-19(26)10-8-18)22(16)12-11-21-14-20(28)15-24(29)30-21/h2-13,20-21,28H,14-15H2,1H3/b12-11+/t20-,21-/m1/s1. The predicted octanol–water partition coefficient (Wildman–Crippen LogP) is 4.94. The number of nitrogens with zero attached hydrogens (tertiary/aromatic N) is 1. The number of aliphatic hydroxyl groups excluding tert-OH is 1. The number of cyclic esters (lactones) is 1. The first-order valence-corrected chi connectivity index (χ1v) is 9.88. The number of carbonyl (C=O) groups excluding carboxylic acids is 1. The van der Waals surface area contributed by atoms with Gasteiger partial charge in [-0.2, -0.15) is 0 Å². The van der Waals surface area contributed by atoms with E-state index in [-0.39, 0.29) is 12.2 Å². The number of aliphatic hydroxyl groups is 1. The van der Waals surface area contributed by atoms with Crippen LogP contribution in [0.4, 0.5) is 4.39 Å². The molecule has 30 heavy (non-hydrogen) atoms. The number of aryl methyl sites for hydroxylation is 1. The number of rotatable bonds is 4. The topological polar surface area (TPSA) is 59.4 Å². The molecule has 0 bridgehead atoms. The number of hydrogen-bond acceptors (Lipinski definition) is 4. The molecule has 1 fully saturated rings. The number of pyridine rings is 1. The van der Waals surface area contributed by atoms with Crippen molar-refractivity contribution in [1.82, 2.24) is 4.98 Å². The van der Waals surface area contributed by atoms with Crippen LogP contribution in [0.2, 0.25) is 0 Å². The van der Waals surface area contributed by atoms with Gasteiger partial charge in [-0.15, -0.1) is 0 Å². The summed E-state index contributed by atoms with van der Waals surface area (Å²) in [6, 6.07) is 18.1. The second kappa shape index (κ2) is 8.59. The SMILES string of the molecule is Cc1cc(-c2ccccc2)nc(-c2ccc(F)cc2)c1/C=C/[C@@H]1C[C@@H](O)CC(=O)O1. The average Bonchev–Trinajstić information content (AvgIpc) is 2.73. The first-order valence-electron chi connectivity index (χ1n) is 9.88. The number of aromatic nitrogens is 1. The van der Waals surface area contributed by atoms with Crippen molar-refractivity contribution in [3.05, 3.63) is 83.7 Å². The first kappa shape index (κ1) is 20.0. The molecule has 152 valence electrons. The summed E-state index contributed by atoms with van der Waals surface area (Å²) in [7, 11) is 0. The van der Waals surface area contributed by atoms with Gasteiger partial charge in [-0.3, -0.25) is 4.79 Å². The van der Waals surface area contributed by atoms with Crippen LogP contribution in [0.5, 0.6) is 0 Å². The minimum Gasteiger partial charge on any atom is -0.458 e. The van der Waals surface area contributed by atoms with E-state index in [1.165, 1.54) is 12.1 Å². The highest BCUT2D eigenvalue weighted by Gasteiger charge is 2.25. The number of ether oxygens (including phenoxy) is 1. The van der Waals surface area contributed by atoms with Crippen molar-refractivity contribution in [2.75, 3.05) is 0 Å². The van der Waals surface area contributed by atoms with Gasteiger partial charge in [0.25, 0.3) is 0 Å². The minimum atomic E-state index is -0.697. The van der Waals surface area contributed by atoms with Crippen LogP contribution in [0.25, 0.3) is 28.6 Å². The Morgan fingerprint density at radius 3 is 2.53 bits per heavy atom. The molecular weight excluding hydrogens is 381 g/mol. The van der Waals surface area contributed by atoms with Crippen LogP contribution < -0.4 is 0 Å². The molecule has 4 nitrogen and oxygen atoms in total. The zero-order valence-corrected chi connectivity index (χ0v) is 16.6. The van der Waals surface area contributed by atoms with Crippen LogP contribution in [-0.2, 0) is 9.53 Å². The molecule has 1 saturated heterocycles. The van der Waals surface area contributed by atoms with E-state index in [4.69, 9.17) is 9.72 Å². The molecule has 2 heterocycles. The van der Waals surface area contributed by atoms with Crippen molar-refractivity contribution >= 4 is 12.0 Å². The molecule has 2 aromatic carbocycles. The van der Waals surface area contributed by atoms with Crippen LogP contribution in [0.1, 0.15) is 24.0 Å². The third kappa shape index (κ3) is 4.47. The molecule has 1 aromatic heterocycles. The third-order valence-corrected chi connectivity index (χ3v) is 5.12. The summed E-state index contributed by atoms with van der Waals surface area (Å²) < 4.78 is 18.8. The number of benzene rings is 2. The Morgan fingerprint density at radius 2 is 1.83 bits per heavy atom. The highest BCUT2D eigenvalue weighted by molar-refractivity contribution is 5.78. The largest absolute Gasteiger partial charge is 0.458 e. The summed E-state index contributed by atoms with van der Waals surface area (Å²) in [5, 5.41) is 9.84. The number of hydrogen-bond donors (Lipinski definition) is 1. The minimum absolute atomic E-state index is 0.0253. The monoisotopic (exact) mass is 403 g/mol. The second-order valence-corrected chi connectivity index (χ2v) is 7.44. The van der Waals surface area contributed by atoms with Gasteiger partial charge < -0.3 is 9.84 Å². The molecule has 0 aliphatic carbocycles. The van der Waals surface area contributed by atoms with Gasteiger partial charge in [0, 0.05) is 23.1 Å². The molecule has 0 saturated carbocycles. The summed E-state index contributed by atoms with van der Waals surface area (Å²) in [6.45, 7) is 1.99. The predicted molar refractivity (Wildman–Crippen MR) is 114 cm³/mol. The Balaban J connectivity index is 1.77. The summed E-state index contributed by atoms with van der Waals surface area (Å²) in [6.07, 6.45) is 2.85. The van der Waals surface area contributed by atoms with E-state index in [1.54, 1.807) is 18.2 Å². The Kier molecular flexibility index (Phi) is 5.72.